The molecule has 1 amide bonds. The number of hydrogen-bond donors (Lipinski definition) is 1. The molecule has 2 atom stereocenters. The first kappa shape index (κ1) is 16.8. The van der Waals surface area contributed by atoms with Crippen molar-refractivity contribution < 1.29 is 9.53 Å². The highest BCUT2D eigenvalue weighted by Gasteiger charge is 2.34. The zero-order valence-corrected chi connectivity index (χ0v) is 13.9. The maximum absolute atomic E-state index is 12.6. The van der Waals surface area contributed by atoms with Gasteiger partial charge in [-0.1, -0.05) is 43.2 Å². The van der Waals surface area contributed by atoms with Gasteiger partial charge in [0.05, 0.1) is 6.04 Å². The Morgan fingerprint density at radius 1 is 1.27 bits per heavy atom. The molecule has 22 heavy (non-hydrogen) atoms. The second kappa shape index (κ2) is 8.18. The third kappa shape index (κ3) is 4.23. The van der Waals surface area contributed by atoms with Gasteiger partial charge in [0.1, 0.15) is 6.61 Å². The molecule has 1 fully saturated rings. The molecule has 0 unspecified atom stereocenters. The van der Waals surface area contributed by atoms with E-state index in [0.29, 0.717) is 12.6 Å². The fourth-order valence-electron chi connectivity index (χ4n) is 3.30. The molecule has 1 saturated carbocycles. The summed E-state index contributed by atoms with van der Waals surface area (Å²) in [5.74, 6) is 0. The van der Waals surface area contributed by atoms with Crippen molar-refractivity contribution in [2.75, 3.05) is 7.05 Å². The first-order valence-corrected chi connectivity index (χ1v) is 8.29. The summed E-state index contributed by atoms with van der Waals surface area (Å²) in [5.41, 5.74) is 1.02. The number of rotatable bonds is 5. The summed E-state index contributed by atoms with van der Waals surface area (Å²) in [6.45, 7) is 4.45. The van der Waals surface area contributed by atoms with Crippen LogP contribution in [0.3, 0.4) is 0 Å². The lowest BCUT2D eigenvalue weighted by atomic mass is 9.89. The average molecular weight is 304 g/mol. The summed E-state index contributed by atoms with van der Waals surface area (Å²) >= 11 is 0. The van der Waals surface area contributed by atoms with Crippen molar-refractivity contribution in [3.05, 3.63) is 35.9 Å². The molecule has 1 aliphatic rings. The van der Waals surface area contributed by atoms with Gasteiger partial charge in [-0.2, -0.15) is 0 Å². The van der Waals surface area contributed by atoms with Gasteiger partial charge >= 0.3 is 6.09 Å². The van der Waals surface area contributed by atoms with Crippen molar-refractivity contribution in [3.63, 3.8) is 0 Å². The topological polar surface area (TPSA) is 41.6 Å². The molecule has 122 valence electrons. The lowest BCUT2D eigenvalue weighted by Crippen LogP contribution is -2.55. The number of likely N-dealkylation sites (N-methyl/N-ethyl adjacent to an activating group) is 1. The highest BCUT2D eigenvalue weighted by molar-refractivity contribution is 5.68. The van der Waals surface area contributed by atoms with Crippen LogP contribution < -0.4 is 5.32 Å². The Labute approximate surface area is 133 Å². The number of nitrogens with one attached hydrogen (secondary N) is 1. The monoisotopic (exact) mass is 304 g/mol. The van der Waals surface area contributed by atoms with Crippen LogP contribution in [0.1, 0.15) is 45.1 Å². The van der Waals surface area contributed by atoms with Crippen LogP contribution >= 0.6 is 0 Å². The van der Waals surface area contributed by atoms with Gasteiger partial charge in [-0.05, 0) is 39.3 Å². The van der Waals surface area contributed by atoms with Crippen molar-refractivity contribution in [1.82, 2.24) is 10.2 Å². The molecule has 0 heterocycles. The summed E-state index contributed by atoms with van der Waals surface area (Å²) < 4.78 is 5.56. The lowest BCUT2D eigenvalue weighted by molar-refractivity contribution is 0.0487. The Bertz CT molecular complexity index is 461. The molecule has 0 spiro atoms. The smallest absolute Gasteiger partial charge is 0.410 e. The lowest BCUT2D eigenvalue weighted by Gasteiger charge is -2.41. The Morgan fingerprint density at radius 3 is 2.59 bits per heavy atom. The van der Waals surface area contributed by atoms with E-state index in [1.165, 1.54) is 12.8 Å². The SMILES string of the molecule is CN[C@H]1CCCC[C@@H]1N(C(=O)OCc1ccccc1)C(C)C. The number of carbonyl (C=O) groups is 1. The van der Waals surface area contributed by atoms with Crippen molar-refractivity contribution in [1.29, 1.82) is 0 Å². The van der Waals surface area contributed by atoms with Gasteiger partial charge in [-0.3, -0.25) is 0 Å². The van der Waals surface area contributed by atoms with Crippen LogP contribution in [0.15, 0.2) is 30.3 Å². The molecule has 0 aliphatic heterocycles. The van der Waals surface area contributed by atoms with E-state index in [1.807, 2.05) is 42.3 Å². The van der Waals surface area contributed by atoms with Gasteiger partial charge in [0, 0.05) is 12.1 Å². The maximum Gasteiger partial charge on any atom is 0.410 e. The standard InChI is InChI=1S/C18H28N2O2/c1-14(2)20(17-12-8-7-11-16(17)19-3)18(21)22-13-15-9-5-4-6-10-15/h4-6,9-10,14,16-17,19H,7-8,11-13H2,1-3H3/t16-,17-/m0/s1. The Balaban J connectivity index is 2.01. The van der Waals surface area contributed by atoms with Gasteiger partial charge in [-0.15, -0.1) is 0 Å². The van der Waals surface area contributed by atoms with Crippen LogP contribution in [-0.4, -0.2) is 36.2 Å². The first-order chi connectivity index (χ1) is 10.6. The predicted molar refractivity (Wildman–Crippen MR) is 88.7 cm³/mol. The number of benzene rings is 1. The largest absolute Gasteiger partial charge is 0.445 e. The van der Waals surface area contributed by atoms with E-state index >= 15 is 0 Å². The molecule has 4 heteroatoms. The highest BCUT2D eigenvalue weighted by atomic mass is 16.6. The molecule has 1 aromatic rings. The third-order valence-electron chi connectivity index (χ3n) is 4.43. The van der Waals surface area contributed by atoms with Crippen molar-refractivity contribution in [2.45, 2.75) is 64.3 Å². The van der Waals surface area contributed by atoms with E-state index in [9.17, 15) is 4.79 Å². The molecule has 1 N–H and O–H groups in total. The average Bonchev–Trinajstić information content (AvgIpc) is 2.54. The minimum atomic E-state index is -0.203. The zero-order chi connectivity index (χ0) is 15.9. The van der Waals surface area contributed by atoms with Gasteiger partial charge in [0.25, 0.3) is 0 Å². The summed E-state index contributed by atoms with van der Waals surface area (Å²) in [6, 6.07) is 10.6. The summed E-state index contributed by atoms with van der Waals surface area (Å²) in [5, 5.41) is 3.37. The Hall–Kier alpha value is -1.55. The van der Waals surface area contributed by atoms with E-state index in [-0.39, 0.29) is 18.2 Å². The van der Waals surface area contributed by atoms with E-state index in [0.717, 1.165) is 18.4 Å². The Kier molecular flexibility index (Phi) is 6.25. The second-order valence-corrected chi connectivity index (χ2v) is 6.29. The molecule has 0 bridgehead atoms. The summed E-state index contributed by atoms with van der Waals surface area (Å²) in [7, 11) is 1.98. The molecule has 1 aromatic carbocycles. The van der Waals surface area contributed by atoms with Crippen molar-refractivity contribution in [2.24, 2.45) is 0 Å². The molecule has 0 radical (unpaired) electrons. The minimum absolute atomic E-state index is 0.141. The molecular formula is C18H28N2O2. The van der Waals surface area contributed by atoms with Crippen LogP contribution in [0.5, 0.6) is 0 Å². The van der Waals surface area contributed by atoms with Crippen molar-refractivity contribution in [3.8, 4) is 0 Å². The summed E-state index contributed by atoms with van der Waals surface area (Å²) in [6.07, 6.45) is 4.37. The van der Waals surface area contributed by atoms with E-state index in [4.69, 9.17) is 4.74 Å². The number of nitrogens with zero attached hydrogens (tertiary/aromatic N) is 1. The van der Waals surface area contributed by atoms with Gasteiger partial charge < -0.3 is 15.0 Å². The highest BCUT2D eigenvalue weighted by Crippen LogP contribution is 2.25. The predicted octanol–water partition coefficient (Wildman–Crippen LogP) is 3.56. The van der Waals surface area contributed by atoms with E-state index < -0.39 is 0 Å². The summed E-state index contributed by atoms with van der Waals surface area (Å²) in [4.78, 5) is 14.5. The number of ether oxygens (including phenoxy) is 1. The molecular weight excluding hydrogens is 276 g/mol. The van der Waals surface area contributed by atoms with Crippen LogP contribution in [0.25, 0.3) is 0 Å². The van der Waals surface area contributed by atoms with E-state index in [1.54, 1.807) is 0 Å². The Morgan fingerprint density at radius 2 is 1.95 bits per heavy atom. The normalized spacial score (nSPS) is 21.6. The van der Waals surface area contributed by atoms with Gasteiger partial charge in [-0.25, -0.2) is 4.79 Å². The number of amides is 1. The van der Waals surface area contributed by atoms with Crippen LogP contribution in [-0.2, 0) is 11.3 Å². The molecule has 0 aromatic heterocycles. The molecule has 0 saturated heterocycles. The zero-order valence-electron chi connectivity index (χ0n) is 13.9. The molecule has 1 aliphatic carbocycles. The van der Waals surface area contributed by atoms with Crippen LogP contribution in [0, 0.1) is 0 Å². The van der Waals surface area contributed by atoms with Crippen molar-refractivity contribution >= 4 is 6.09 Å². The number of carbonyl (C=O) groups excluding carboxylic acids is 1. The van der Waals surface area contributed by atoms with Gasteiger partial charge in [0.15, 0.2) is 0 Å². The van der Waals surface area contributed by atoms with Crippen LogP contribution in [0.2, 0.25) is 0 Å². The second-order valence-electron chi connectivity index (χ2n) is 6.29. The fraction of sp³-hybridized carbons (Fsp3) is 0.611. The molecule has 2 rings (SSSR count). The molecule has 4 nitrogen and oxygen atoms in total. The minimum Gasteiger partial charge on any atom is -0.445 e. The third-order valence-corrected chi connectivity index (χ3v) is 4.43. The van der Waals surface area contributed by atoms with Gasteiger partial charge in [0.2, 0.25) is 0 Å². The quantitative estimate of drug-likeness (QED) is 0.904. The van der Waals surface area contributed by atoms with E-state index in [2.05, 4.69) is 19.2 Å². The fourth-order valence-corrected chi connectivity index (χ4v) is 3.30. The number of hydrogen-bond acceptors (Lipinski definition) is 3. The first-order valence-electron chi connectivity index (χ1n) is 8.29. The van der Waals surface area contributed by atoms with Crippen LogP contribution in [0.4, 0.5) is 4.79 Å². The maximum atomic E-state index is 12.6.